The summed E-state index contributed by atoms with van der Waals surface area (Å²) in [5, 5.41) is 16.5. The molecule has 2 N–H and O–H groups in total. The number of rotatable bonds is 3. The Hall–Kier alpha value is -2.64. The molecule has 0 radical (unpaired) electrons. The van der Waals surface area contributed by atoms with E-state index in [0.717, 1.165) is 59.6 Å². The Morgan fingerprint density at radius 1 is 1.19 bits per heavy atom. The molecular weight excluding hydrogens is 352 g/mol. The molecule has 8 heteroatoms. The van der Waals surface area contributed by atoms with E-state index in [1.807, 2.05) is 24.4 Å². The molecule has 0 saturated carbocycles. The summed E-state index contributed by atoms with van der Waals surface area (Å²) in [7, 11) is 0. The smallest absolute Gasteiger partial charge is 0.177 e. The molecule has 0 atom stereocenters. The first kappa shape index (κ1) is 15.6. The van der Waals surface area contributed by atoms with Gasteiger partial charge in [-0.3, -0.25) is 5.10 Å². The predicted molar refractivity (Wildman–Crippen MR) is 101 cm³/mol. The van der Waals surface area contributed by atoms with E-state index in [2.05, 4.69) is 31.7 Å². The van der Waals surface area contributed by atoms with E-state index in [-0.39, 0.29) is 0 Å². The van der Waals surface area contributed by atoms with Crippen LogP contribution in [0.25, 0.3) is 27.8 Å². The molecule has 4 heterocycles. The Kier molecular flexibility index (Phi) is 3.76. The third-order valence-electron chi connectivity index (χ3n) is 4.75. The van der Waals surface area contributed by atoms with Crippen molar-refractivity contribution in [3.05, 3.63) is 41.8 Å². The van der Waals surface area contributed by atoms with Crippen molar-refractivity contribution < 1.29 is 4.74 Å². The van der Waals surface area contributed by atoms with Gasteiger partial charge >= 0.3 is 0 Å². The maximum atomic E-state index is 6.30. The van der Waals surface area contributed by atoms with Crippen molar-refractivity contribution in [3.63, 3.8) is 0 Å². The molecule has 4 aromatic rings. The Morgan fingerprint density at radius 3 is 2.96 bits per heavy atom. The second kappa shape index (κ2) is 6.26. The van der Waals surface area contributed by atoms with Crippen LogP contribution < -0.4 is 5.32 Å². The summed E-state index contributed by atoms with van der Waals surface area (Å²) in [6.45, 7) is 1.55. The molecule has 0 aliphatic carbocycles. The monoisotopic (exact) mass is 368 g/mol. The van der Waals surface area contributed by atoms with Crippen molar-refractivity contribution in [2.45, 2.75) is 18.9 Å². The van der Waals surface area contributed by atoms with E-state index in [4.69, 9.17) is 16.3 Å². The van der Waals surface area contributed by atoms with Crippen molar-refractivity contribution in [3.8, 4) is 11.3 Å². The number of halogens is 1. The summed E-state index contributed by atoms with van der Waals surface area (Å²) in [6.07, 6.45) is 5.57. The molecule has 0 amide bonds. The van der Waals surface area contributed by atoms with Crippen molar-refractivity contribution in [1.29, 1.82) is 0 Å². The highest BCUT2D eigenvalue weighted by molar-refractivity contribution is 6.29. The highest BCUT2D eigenvalue weighted by atomic mass is 35.5. The van der Waals surface area contributed by atoms with Gasteiger partial charge in [-0.1, -0.05) is 17.7 Å². The van der Waals surface area contributed by atoms with Gasteiger partial charge in [0.05, 0.1) is 29.3 Å². The highest BCUT2D eigenvalue weighted by Crippen LogP contribution is 2.28. The Balaban J connectivity index is 1.58. The molecule has 1 aromatic carbocycles. The highest BCUT2D eigenvalue weighted by Gasteiger charge is 2.18. The van der Waals surface area contributed by atoms with Crippen LogP contribution in [0.4, 0.5) is 5.69 Å². The van der Waals surface area contributed by atoms with Gasteiger partial charge in [-0.15, -0.1) is 0 Å². The predicted octanol–water partition coefficient (Wildman–Crippen LogP) is 3.52. The number of aromatic amines is 1. The molecule has 3 aromatic heterocycles. The maximum absolute atomic E-state index is 6.30. The number of hydrogen-bond donors (Lipinski definition) is 2. The number of aromatic nitrogens is 5. The van der Waals surface area contributed by atoms with E-state index in [9.17, 15) is 0 Å². The lowest BCUT2D eigenvalue weighted by atomic mass is 10.1. The van der Waals surface area contributed by atoms with Crippen molar-refractivity contribution in [2.75, 3.05) is 18.5 Å². The molecule has 7 nitrogen and oxygen atoms in total. The number of hydrogen-bond acceptors (Lipinski definition) is 5. The number of nitrogens with zero attached hydrogens (tertiary/aromatic N) is 4. The zero-order valence-corrected chi connectivity index (χ0v) is 14.7. The van der Waals surface area contributed by atoms with E-state index in [1.165, 1.54) is 0 Å². The number of benzene rings is 1. The number of ether oxygens (including phenoxy) is 1. The lowest BCUT2D eigenvalue weighted by Crippen LogP contribution is -2.28. The zero-order chi connectivity index (χ0) is 17.5. The first-order chi connectivity index (χ1) is 12.8. The Labute approximate surface area is 154 Å². The van der Waals surface area contributed by atoms with Crippen LogP contribution in [-0.2, 0) is 4.74 Å². The third-order valence-corrected chi connectivity index (χ3v) is 4.94. The van der Waals surface area contributed by atoms with Crippen molar-refractivity contribution >= 4 is 33.8 Å². The van der Waals surface area contributed by atoms with Crippen LogP contribution in [0.3, 0.4) is 0 Å². The van der Waals surface area contributed by atoms with Gasteiger partial charge in [0.2, 0.25) is 0 Å². The van der Waals surface area contributed by atoms with Crippen LogP contribution >= 0.6 is 11.6 Å². The second-order valence-corrected chi connectivity index (χ2v) is 6.85. The summed E-state index contributed by atoms with van der Waals surface area (Å²) >= 11 is 6.30. The number of H-pyrrole nitrogens is 1. The average molecular weight is 369 g/mol. The number of nitrogens with one attached hydrogen (secondary N) is 2. The zero-order valence-electron chi connectivity index (χ0n) is 13.9. The van der Waals surface area contributed by atoms with E-state index < -0.39 is 0 Å². The van der Waals surface area contributed by atoms with E-state index >= 15 is 0 Å². The molecule has 1 fully saturated rings. The molecule has 1 aliphatic rings. The van der Waals surface area contributed by atoms with Crippen LogP contribution in [0.15, 0.2) is 36.7 Å². The SMILES string of the molecule is Clc1cc(NC2CCOCC2)c2ncc(-c3ccc4[nH]ncc4c3)n2n1. The van der Waals surface area contributed by atoms with Gasteiger partial charge in [0.1, 0.15) is 0 Å². The topological polar surface area (TPSA) is 80.1 Å². The maximum Gasteiger partial charge on any atom is 0.177 e. The van der Waals surface area contributed by atoms with Crippen LogP contribution in [0, 0.1) is 0 Å². The lowest BCUT2D eigenvalue weighted by molar-refractivity contribution is 0.0904. The van der Waals surface area contributed by atoms with E-state index in [1.54, 1.807) is 10.7 Å². The molecule has 132 valence electrons. The van der Waals surface area contributed by atoms with Crippen LogP contribution in [0.2, 0.25) is 5.15 Å². The molecule has 0 unspecified atom stereocenters. The lowest BCUT2D eigenvalue weighted by Gasteiger charge is -2.24. The molecule has 1 saturated heterocycles. The van der Waals surface area contributed by atoms with Gasteiger partial charge in [-0.2, -0.15) is 10.2 Å². The molecule has 26 heavy (non-hydrogen) atoms. The van der Waals surface area contributed by atoms with Crippen molar-refractivity contribution in [1.82, 2.24) is 24.8 Å². The fraction of sp³-hybridized carbons (Fsp3) is 0.278. The van der Waals surface area contributed by atoms with Crippen LogP contribution in [0.5, 0.6) is 0 Å². The average Bonchev–Trinajstić information content (AvgIpc) is 3.28. The molecule has 0 spiro atoms. The van der Waals surface area contributed by atoms with Gasteiger partial charge in [0.15, 0.2) is 10.8 Å². The first-order valence-electron chi connectivity index (χ1n) is 8.60. The number of imidazole rings is 1. The second-order valence-electron chi connectivity index (χ2n) is 6.46. The van der Waals surface area contributed by atoms with Crippen LogP contribution in [-0.4, -0.2) is 44.1 Å². The van der Waals surface area contributed by atoms with Gasteiger partial charge in [0, 0.05) is 36.3 Å². The molecule has 1 aliphatic heterocycles. The summed E-state index contributed by atoms with van der Waals surface area (Å²) in [5.41, 5.74) is 4.56. The Morgan fingerprint density at radius 2 is 2.08 bits per heavy atom. The summed E-state index contributed by atoms with van der Waals surface area (Å²) in [5.74, 6) is 0. The molecule has 5 rings (SSSR count). The fourth-order valence-electron chi connectivity index (χ4n) is 3.41. The van der Waals surface area contributed by atoms with Gasteiger partial charge in [-0.25, -0.2) is 9.50 Å². The number of anilines is 1. The third kappa shape index (κ3) is 2.69. The minimum Gasteiger partial charge on any atom is -0.381 e. The van der Waals surface area contributed by atoms with Gasteiger partial charge in [0.25, 0.3) is 0 Å². The largest absolute Gasteiger partial charge is 0.381 e. The van der Waals surface area contributed by atoms with Gasteiger partial charge in [-0.05, 0) is 25.0 Å². The van der Waals surface area contributed by atoms with Crippen molar-refractivity contribution in [2.24, 2.45) is 0 Å². The normalized spacial score (nSPS) is 15.7. The van der Waals surface area contributed by atoms with E-state index in [0.29, 0.717) is 11.2 Å². The summed E-state index contributed by atoms with van der Waals surface area (Å²) in [4.78, 5) is 4.59. The minimum atomic E-state index is 0.355. The summed E-state index contributed by atoms with van der Waals surface area (Å²) in [6, 6.07) is 8.29. The molecular formula is C18H17ClN6O. The Bertz CT molecular complexity index is 1080. The first-order valence-corrected chi connectivity index (χ1v) is 8.98. The fourth-order valence-corrected chi connectivity index (χ4v) is 3.59. The number of fused-ring (bicyclic) bond motifs is 2. The summed E-state index contributed by atoms with van der Waals surface area (Å²) < 4.78 is 7.23. The molecule has 0 bridgehead atoms. The standard InChI is InChI=1S/C18H17ClN6O/c19-17-8-15(22-13-3-5-26-6-4-13)18-20-10-16(25(18)24-17)11-1-2-14-12(7-11)9-21-23-14/h1-2,7-10,13,22H,3-6H2,(H,21,23). The minimum absolute atomic E-state index is 0.355. The quantitative estimate of drug-likeness (QED) is 0.578. The van der Waals surface area contributed by atoms with Gasteiger partial charge < -0.3 is 10.1 Å². The van der Waals surface area contributed by atoms with Crippen LogP contribution in [0.1, 0.15) is 12.8 Å².